The molecule has 0 aliphatic carbocycles. The van der Waals surface area contributed by atoms with Crippen LogP contribution < -0.4 is 16.0 Å². The van der Waals surface area contributed by atoms with E-state index in [0.717, 1.165) is 31.0 Å². The molecule has 0 fully saturated rings. The van der Waals surface area contributed by atoms with Crippen molar-refractivity contribution in [2.24, 2.45) is 0 Å². The number of hydrogen-bond donors (Lipinski definition) is 3. The summed E-state index contributed by atoms with van der Waals surface area (Å²) in [5.41, 5.74) is -0.229. The molecule has 0 atom stereocenters. The Balaban J connectivity index is 2.70. The van der Waals surface area contributed by atoms with Gasteiger partial charge >= 0.3 is 0 Å². The van der Waals surface area contributed by atoms with E-state index in [0.29, 0.717) is 5.82 Å². The van der Waals surface area contributed by atoms with E-state index in [9.17, 15) is 4.79 Å². The van der Waals surface area contributed by atoms with Crippen molar-refractivity contribution in [2.75, 3.05) is 23.7 Å². The van der Waals surface area contributed by atoms with E-state index in [-0.39, 0.29) is 18.0 Å². The number of nitrogens with one attached hydrogen (secondary N) is 3. The number of carbonyl (C=O) groups excluding carboxylic acids is 1. The molecule has 3 N–H and O–H groups in total. The number of hydrogen-bond acceptors (Lipinski definition) is 5. The van der Waals surface area contributed by atoms with Crippen LogP contribution in [0.1, 0.15) is 46.9 Å². The predicted molar refractivity (Wildman–Crippen MR) is 86.6 cm³/mol. The van der Waals surface area contributed by atoms with Crippen LogP contribution in [0, 0.1) is 0 Å². The summed E-state index contributed by atoms with van der Waals surface area (Å²) in [5.74, 6) is 2.20. The van der Waals surface area contributed by atoms with Crippen molar-refractivity contribution in [1.29, 1.82) is 0 Å². The van der Waals surface area contributed by atoms with Crippen LogP contribution in [0.5, 0.6) is 0 Å². The van der Waals surface area contributed by atoms with Crippen LogP contribution in [0.25, 0.3) is 0 Å². The molecular formula is C15H27N5O. The molecule has 1 rings (SSSR count). The molecule has 0 aromatic carbocycles. The molecule has 0 aliphatic heterocycles. The van der Waals surface area contributed by atoms with Crippen LogP contribution in [0.3, 0.4) is 0 Å². The third-order valence-corrected chi connectivity index (χ3v) is 2.55. The van der Waals surface area contributed by atoms with Gasteiger partial charge in [-0.15, -0.1) is 0 Å². The van der Waals surface area contributed by atoms with Gasteiger partial charge in [0.1, 0.15) is 17.5 Å². The van der Waals surface area contributed by atoms with Crippen LogP contribution in [0.2, 0.25) is 0 Å². The maximum absolute atomic E-state index is 11.8. The quantitative estimate of drug-likeness (QED) is 0.718. The first kappa shape index (κ1) is 17.2. The molecule has 1 amide bonds. The lowest BCUT2D eigenvalue weighted by Gasteiger charge is -2.20. The second-order valence-electron chi connectivity index (χ2n) is 5.99. The van der Waals surface area contributed by atoms with Crippen molar-refractivity contribution < 1.29 is 4.79 Å². The topological polar surface area (TPSA) is 78.9 Å². The van der Waals surface area contributed by atoms with Crippen molar-refractivity contribution in [2.45, 2.75) is 53.0 Å². The Morgan fingerprint density at radius 2 is 1.76 bits per heavy atom. The predicted octanol–water partition coefficient (Wildman–Crippen LogP) is 2.19. The van der Waals surface area contributed by atoms with Gasteiger partial charge in [-0.3, -0.25) is 4.79 Å². The van der Waals surface area contributed by atoms with Gasteiger partial charge in [0.2, 0.25) is 5.91 Å². The van der Waals surface area contributed by atoms with E-state index in [1.807, 2.05) is 33.8 Å². The normalized spacial score (nSPS) is 11.1. The zero-order chi connectivity index (χ0) is 15.9. The van der Waals surface area contributed by atoms with E-state index in [2.05, 4.69) is 32.8 Å². The summed E-state index contributed by atoms with van der Waals surface area (Å²) in [6.45, 7) is 11.0. The van der Waals surface area contributed by atoms with Gasteiger partial charge in [-0.05, 0) is 34.1 Å². The molecule has 0 radical (unpaired) electrons. The standard InChI is InChI=1S/C15H27N5O/c1-6-8-11-18-12(16-7-2)9-13(19-11)17-10-14(21)20-15(3,4)5/h9H,6-8,10H2,1-5H3,(H,20,21)(H2,16,17,18,19). The molecule has 0 bridgehead atoms. The number of carbonyl (C=O) groups is 1. The van der Waals surface area contributed by atoms with E-state index in [1.165, 1.54) is 0 Å². The van der Waals surface area contributed by atoms with Crippen LogP contribution in [-0.4, -0.2) is 34.5 Å². The van der Waals surface area contributed by atoms with Gasteiger partial charge in [0, 0.05) is 24.6 Å². The Morgan fingerprint density at radius 1 is 1.14 bits per heavy atom. The number of anilines is 2. The Labute approximate surface area is 127 Å². The van der Waals surface area contributed by atoms with Crippen molar-refractivity contribution >= 4 is 17.5 Å². The highest BCUT2D eigenvalue weighted by Crippen LogP contribution is 2.12. The molecule has 6 heteroatoms. The zero-order valence-electron chi connectivity index (χ0n) is 13.7. The zero-order valence-corrected chi connectivity index (χ0v) is 13.7. The average Bonchev–Trinajstić information content (AvgIpc) is 2.35. The Hall–Kier alpha value is -1.85. The number of aromatic nitrogens is 2. The van der Waals surface area contributed by atoms with Gasteiger partial charge in [-0.1, -0.05) is 6.92 Å². The van der Waals surface area contributed by atoms with Crippen LogP contribution in [0.15, 0.2) is 6.07 Å². The highest BCUT2D eigenvalue weighted by Gasteiger charge is 2.13. The third kappa shape index (κ3) is 6.92. The van der Waals surface area contributed by atoms with E-state index < -0.39 is 0 Å². The summed E-state index contributed by atoms with van der Waals surface area (Å²) < 4.78 is 0. The molecule has 21 heavy (non-hydrogen) atoms. The average molecular weight is 293 g/mol. The van der Waals surface area contributed by atoms with Crippen LogP contribution >= 0.6 is 0 Å². The van der Waals surface area contributed by atoms with Crippen molar-refractivity contribution in [3.63, 3.8) is 0 Å². The first-order valence-electron chi connectivity index (χ1n) is 7.50. The minimum Gasteiger partial charge on any atom is -0.370 e. The highest BCUT2D eigenvalue weighted by atomic mass is 16.2. The second-order valence-corrected chi connectivity index (χ2v) is 5.99. The third-order valence-electron chi connectivity index (χ3n) is 2.55. The van der Waals surface area contributed by atoms with Gasteiger partial charge in [-0.25, -0.2) is 9.97 Å². The van der Waals surface area contributed by atoms with Crippen LogP contribution in [0.4, 0.5) is 11.6 Å². The fourth-order valence-corrected chi connectivity index (χ4v) is 1.83. The van der Waals surface area contributed by atoms with Gasteiger partial charge in [0.25, 0.3) is 0 Å². The van der Waals surface area contributed by atoms with Gasteiger partial charge in [0.15, 0.2) is 0 Å². The molecule has 1 aromatic rings. The molecule has 1 heterocycles. The number of nitrogens with zero attached hydrogens (tertiary/aromatic N) is 2. The summed E-state index contributed by atoms with van der Waals surface area (Å²) in [6, 6.07) is 1.83. The maximum Gasteiger partial charge on any atom is 0.239 e. The molecule has 0 unspecified atom stereocenters. The molecule has 0 saturated carbocycles. The first-order valence-corrected chi connectivity index (χ1v) is 7.50. The van der Waals surface area contributed by atoms with Gasteiger partial charge in [-0.2, -0.15) is 0 Å². The number of aryl methyl sites for hydroxylation is 1. The summed E-state index contributed by atoms with van der Waals surface area (Å²) >= 11 is 0. The lowest BCUT2D eigenvalue weighted by Crippen LogP contribution is -2.43. The number of amides is 1. The molecule has 1 aromatic heterocycles. The largest absolute Gasteiger partial charge is 0.370 e. The van der Waals surface area contributed by atoms with E-state index >= 15 is 0 Å². The molecule has 0 saturated heterocycles. The maximum atomic E-state index is 11.8. The monoisotopic (exact) mass is 293 g/mol. The van der Waals surface area contributed by atoms with Crippen LogP contribution in [-0.2, 0) is 11.2 Å². The van der Waals surface area contributed by atoms with Crippen molar-refractivity contribution in [1.82, 2.24) is 15.3 Å². The smallest absolute Gasteiger partial charge is 0.239 e. The summed E-state index contributed by atoms with van der Waals surface area (Å²) in [4.78, 5) is 20.7. The lowest BCUT2D eigenvalue weighted by atomic mass is 10.1. The number of rotatable bonds is 7. The summed E-state index contributed by atoms with van der Waals surface area (Å²) in [6.07, 6.45) is 1.81. The van der Waals surface area contributed by atoms with Gasteiger partial charge < -0.3 is 16.0 Å². The fourth-order valence-electron chi connectivity index (χ4n) is 1.83. The molecule has 6 nitrogen and oxygen atoms in total. The highest BCUT2D eigenvalue weighted by molar-refractivity contribution is 5.81. The van der Waals surface area contributed by atoms with Crippen molar-refractivity contribution in [3.05, 3.63) is 11.9 Å². The Bertz CT molecular complexity index is 443. The van der Waals surface area contributed by atoms with Crippen molar-refractivity contribution in [3.8, 4) is 0 Å². The molecule has 118 valence electrons. The molecular weight excluding hydrogens is 266 g/mol. The van der Waals surface area contributed by atoms with E-state index in [4.69, 9.17) is 0 Å². The Morgan fingerprint density at radius 3 is 2.29 bits per heavy atom. The molecule has 0 spiro atoms. The fraction of sp³-hybridized carbons (Fsp3) is 0.667. The SMILES string of the molecule is CCCc1nc(NCC)cc(NCC(=O)NC(C)(C)C)n1. The minimum absolute atomic E-state index is 0.0526. The lowest BCUT2D eigenvalue weighted by molar-refractivity contribution is -0.120. The second kappa shape index (κ2) is 7.81. The van der Waals surface area contributed by atoms with E-state index in [1.54, 1.807) is 0 Å². The summed E-state index contributed by atoms with van der Waals surface area (Å²) in [5, 5.41) is 9.15. The minimum atomic E-state index is -0.229. The molecule has 0 aliphatic rings. The summed E-state index contributed by atoms with van der Waals surface area (Å²) in [7, 11) is 0. The first-order chi connectivity index (χ1) is 9.84. The Kier molecular flexibility index (Phi) is 6.39. The van der Waals surface area contributed by atoms with Gasteiger partial charge in [0.05, 0.1) is 6.54 Å².